The van der Waals surface area contributed by atoms with Gasteiger partial charge in [-0.3, -0.25) is 9.69 Å². The minimum Gasteiger partial charge on any atom is -0.393 e. The van der Waals surface area contributed by atoms with Gasteiger partial charge in [0.1, 0.15) is 0 Å². The molecule has 2 unspecified atom stereocenters. The molecule has 2 aliphatic rings. The molecule has 1 heterocycles. The van der Waals surface area contributed by atoms with Crippen LogP contribution in [0.2, 0.25) is 0 Å². The standard InChI is InChI=1S/C11H20N2O2/c1-8(14)9-4-5-13(6-9)7-11(15)12-10-2-3-10/h8-10,14H,2-7H2,1H3,(H,12,15). The largest absolute Gasteiger partial charge is 0.393 e. The highest BCUT2D eigenvalue weighted by molar-refractivity contribution is 5.78. The number of carbonyl (C=O) groups is 1. The SMILES string of the molecule is CC(O)C1CCN(CC(=O)NC2CC2)C1. The third-order valence-corrected chi connectivity index (χ3v) is 3.30. The molecule has 2 fully saturated rings. The lowest BCUT2D eigenvalue weighted by Crippen LogP contribution is -2.37. The number of nitrogens with one attached hydrogen (secondary N) is 1. The van der Waals surface area contributed by atoms with Crippen LogP contribution in [-0.2, 0) is 4.79 Å². The van der Waals surface area contributed by atoms with E-state index in [4.69, 9.17) is 0 Å². The van der Waals surface area contributed by atoms with Crippen LogP contribution in [0.15, 0.2) is 0 Å². The molecule has 4 heteroatoms. The highest BCUT2D eigenvalue weighted by Crippen LogP contribution is 2.20. The van der Waals surface area contributed by atoms with E-state index in [1.54, 1.807) is 0 Å². The van der Waals surface area contributed by atoms with Crippen molar-refractivity contribution >= 4 is 5.91 Å². The van der Waals surface area contributed by atoms with Crippen molar-refractivity contribution in [1.29, 1.82) is 0 Å². The number of aliphatic hydroxyl groups is 1. The van der Waals surface area contributed by atoms with Crippen molar-refractivity contribution in [3.05, 3.63) is 0 Å². The molecule has 1 saturated heterocycles. The predicted octanol–water partition coefficient (Wildman–Crippen LogP) is -0.0323. The maximum absolute atomic E-state index is 11.5. The second kappa shape index (κ2) is 4.49. The van der Waals surface area contributed by atoms with E-state index in [0.29, 0.717) is 18.5 Å². The second-order valence-corrected chi connectivity index (χ2v) is 4.87. The van der Waals surface area contributed by atoms with Crippen LogP contribution in [0.4, 0.5) is 0 Å². The highest BCUT2D eigenvalue weighted by Gasteiger charge is 2.28. The number of aliphatic hydroxyl groups excluding tert-OH is 1. The molecule has 2 N–H and O–H groups in total. The average molecular weight is 212 g/mol. The van der Waals surface area contributed by atoms with E-state index in [2.05, 4.69) is 10.2 Å². The number of likely N-dealkylation sites (tertiary alicyclic amines) is 1. The summed E-state index contributed by atoms with van der Waals surface area (Å²) in [7, 11) is 0. The van der Waals surface area contributed by atoms with Crippen LogP contribution >= 0.6 is 0 Å². The first-order valence-corrected chi connectivity index (χ1v) is 5.85. The molecular formula is C11H20N2O2. The molecule has 2 rings (SSSR count). The van der Waals surface area contributed by atoms with Crippen LogP contribution in [0, 0.1) is 5.92 Å². The third-order valence-electron chi connectivity index (χ3n) is 3.30. The molecule has 86 valence electrons. The summed E-state index contributed by atoms with van der Waals surface area (Å²) in [6.07, 6.45) is 3.04. The normalized spacial score (nSPS) is 29.1. The zero-order valence-corrected chi connectivity index (χ0v) is 9.28. The lowest BCUT2D eigenvalue weighted by atomic mass is 10.0. The van der Waals surface area contributed by atoms with Crippen LogP contribution in [0.5, 0.6) is 0 Å². The maximum Gasteiger partial charge on any atom is 0.234 e. The van der Waals surface area contributed by atoms with Gasteiger partial charge < -0.3 is 10.4 Å². The summed E-state index contributed by atoms with van der Waals surface area (Å²) < 4.78 is 0. The quantitative estimate of drug-likeness (QED) is 0.688. The van der Waals surface area contributed by atoms with Crippen molar-refractivity contribution in [3.8, 4) is 0 Å². The zero-order valence-electron chi connectivity index (χ0n) is 9.28. The lowest BCUT2D eigenvalue weighted by Gasteiger charge is -2.16. The molecule has 4 nitrogen and oxygen atoms in total. The molecule has 0 radical (unpaired) electrons. The molecule has 0 aromatic heterocycles. The first-order chi connectivity index (χ1) is 7.15. The molecule has 0 aromatic carbocycles. The van der Waals surface area contributed by atoms with Crippen molar-refractivity contribution in [2.24, 2.45) is 5.92 Å². The molecule has 1 saturated carbocycles. The second-order valence-electron chi connectivity index (χ2n) is 4.87. The number of amides is 1. The highest BCUT2D eigenvalue weighted by atomic mass is 16.3. The molecule has 0 aromatic rings. The first-order valence-electron chi connectivity index (χ1n) is 5.85. The van der Waals surface area contributed by atoms with Gasteiger partial charge in [0.05, 0.1) is 12.6 Å². The van der Waals surface area contributed by atoms with Gasteiger partial charge in [-0.25, -0.2) is 0 Å². The van der Waals surface area contributed by atoms with Gasteiger partial charge in [-0.05, 0) is 38.6 Å². The number of rotatable bonds is 4. The Bertz CT molecular complexity index is 239. The molecule has 1 amide bonds. The summed E-state index contributed by atoms with van der Waals surface area (Å²) in [6.45, 7) is 4.13. The number of carbonyl (C=O) groups excluding carboxylic acids is 1. The minimum absolute atomic E-state index is 0.142. The van der Waals surface area contributed by atoms with E-state index < -0.39 is 0 Å². The van der Waals surface area contributed by atoms with Gasteiger partial charge in [-0.1, -0.05) is 0 Å². The summed E-state index contributed by atoms with van der Waals surface area (Å²) in [5.41, 5.74) is 0. The van der Waals surface area contributed by atoms with Crippen LogP contribution in [0.3, 0.4) is 0 Å². The molecule has 15 heavy (non-hydrogen) atoms. The number of hydrogen-bond donors (Lipinski definition) is 2. The predicted molar refractivity (Wildman–Crippen MR) is 57.4 cm³/mol. The van der Waals surface area contributed by atoms with Gasteiger partial charge in [-0.2, -0.15) is 0 Å². The molecule has 2 atom stereocenters. The Balaban J connectivity index is 1.69. The Morgan fingerprint density at radius 2 is 2.27 bits per heavy atom. The van der Waals surface area contributed by atoms with E-state index >= 15 is 0 Å². The minimum atomic E-state index is -0.249. The van der Waals surface area contributed by atoms with Gasteiger partial charge in [0.2, 0.25) is 5.91 Å². The van der Waals surface area contributed by atoms with Gasteiger partial charge in [-0.15, -0.1) is 0 Å². The van der Waals surface area contributed by atoms with Crippen molar-refractivity contribution < 1.29 is 9.90 Å². The van der Waals surface area contributed by atoms with Gasteiger partial charge in [0.25, 0.3) is 0 Å². The molecule has 0 bridgehead atoms. The lowest BCUT2D eigenvalue weighted by molar-refractivity contribution is -0.122. The fourth-order valence-electron chi connectivity index (χ4n) is 2.10. The van der Waals surface area contributed by atoms with E-state index in [0.717, 1.165) is 32.4 Å². The van der Waals surface area contributed by atoms with Gasteiger partial charge in [0, 0.05) is 12.6 Å². The van der Waals surface area contributed by atoms with Crippen LogP contribution in [0.25, 0.3) is 0 Å². The van der Waals surface area contributed by atoms with Crippen molar-refractivity contribution in [1.82, 2.24) is 10.2 Å². The summed E-state index contributed by atoms with van der Waals surface area (Å²) in [4.78, 5) is 13.6. The summed E-state index contributed by atoms with van der Waals surface area (Å²) in [6, 6.07) is 0.452. The Morgan fingerprint density at radius 3 is 2.80 bits per heavy atom. The fourth-order valence-corrected chi connectivity index (χ4v) is 2.10. The Morgan fingerprint density at radius 1 is 1.53 bits per heavy atom. The Labute approximate surface area is 90.6 Å². The van der Waals surface area contributed by atoms with E-state index in [1.165, 1.54) is 0 Å². The Hall–Kier alpha value is -0.610. The average Bonchev–Trinajstić information content (AvgIpc) is 2.82. The van der Waals surface area contributed by atoms with E-state index in [-0.39, 0.29) is 12.0 Å². The van der Waals surface area contributed by atoms with Crippen LogP contribution < -0.4 is 5.32 Å². The summed E-state index contributed by atoms with van der Waals surface area (Å²) in [5, 5.41) is 12.4. The number of hydrogen-bond acceptors (Lipinski definition) is 3. The Kier molecular flexibility index (Phi) is 3.26. The van der Waals surface area contributed by atoms with Gasteiger partial charge in [0.15, 0.2) is 0 Å². The first kappa shape index (κ1) is 10.9. The zero-order chi connectivity index (χ0) is 10.8. The third kappa shape index (κ3) is 3.18. The fraction of sp³-hybridized carbons (Fsp3) is 0.909. The van der Waals surface area contributed by atoms with Crippen LogP contribution in [-0.4, -0.2) is 47.7 Å². The van der Waals surface area contributed by atoms with Crippen molar-refractivity contribution in [2.45, 2.75) is 38.3 Å². The summed E-state index contributed by atoms with van der Waals surface area (Å²) in [5.74, 6) is 0.488. The van der Waals surface area contributed by atoms with Gasteiger partial charge >= 0.3 is 0 Å². The van der Waals surface area contributed by atoms with E-state index in [1.807, 2.05) is 6.92 Å². The maximum atomic E-state index is 11.5. The topological polar surface area (TPSA) is 52.6 Å². The van der Waals surface area contributed by atoms with Crippen LogP contribution in [0.1, 0.15) is 26.2 Å². The summed E-state index contributed by atoms with van der Waals surface area (Å²) >= 11 is 0. The molecular weight excluding hydrogens is 192 g/mol. The molecule has 1 aliphatic carbocycles. The molecule has 1 aliphatic heterocycles. The monoisotopic (exact) mass is 212 g/mol. The van der Waals surface area contributed by atoms with E-state index in [9.17, 15) is 9.90 Å². The number of nitrogens with zero attached hydrogens (tertiary/aromatic N) is 1. The molecule has 0 spiro atoms. The van der Waals surface area contributed by atoms with Crippen molar-refractivity contribution in [2.75, 3.05) is 19.6 Å². The smallest absolute Gasteiger partial charge is 0.234 e. The van der Waals surface area contributed by atoms with Crippen molar-refractivity contribution in [3.63, 3.8) is 0 Å².